The van der Waals surface area contributed by atoms with Crippen molar-refractivity contribution in [3.63, 3.8) is 0 Å². The van der Waals surface area contributed by atoms with Crippen LogP contribution in [0.4, 0.5) is 0 Å². The Morgan fingerprint density at radius 3 is 2.31 bits per heavy atom. The first-order chi connectivity index (χ1) is 7.54. The largest absolute Gasteiger partial charge is 0.468 e. The predicted molar refractivity (Wildman–Crippen MR) is 58.7 cm³/mol. The molecule has 6 heteroatoms. The average Bonchev–Trinajstić information content (AvgIpc) is 2.28. The molecule has 0 unspecified atom stereocenters. The number of piperazine rings is 1. The minimum atomic E-state index is -0.452. The molecule has 0 spiro atoms. The highest BCUT2D eigenvalue weighted by atomic mass is 16.5. The van der Waals surface area contributed by atoms with Gasteiger partial charge in [0, 0.05) is 26.2 Å². The van der Waals surface area contributed by atoms with Gasteiger partial charge in [0.05, 0.1) is 19.7 Å². The van der Waals surface area contributed by atoms with Gasteiger partial charge in [-0.05, 0) is 6.92 Å². The van der Waals surface area contributed by atoms with Crippen LogP contribution in [0.15, 0.2) is 0 Å². The Hall–Kier alpha value is -1.14. The van der Waals surface area contributed by atoms with Crippen LogP contribution < -0.4 is 5.73 Å². The van der Waals surface area contributed by atoms with Crippen LogP contribution in [0.3, 0.4) is 0 Å². The number of nitrogens with zero attached hydrogens (tertiary/aromatic N) is 2. The van der Waals surface area contributed by atoms with Crippen LogP contribution in [0.2, 0.25) is 0 Å². The standard InChI is InChI=1S/C10H19N3O3/c1-8(11)10(15)13-5-3-12(4-6-13)7-9(14)16-2/h8H,3-7,11H2,1-2H3/t8-/m1/s1. The number of rotatable bonds is 3. The molecule has 1 rings (SSSR count). The molecule has 1 atom stereocenters. The van der Waals surface area contributed by atoms with Gasteiger partial charge in [-0.25, -0.2) is 0 Å². The fourth-order valence-electron chi connectivity index (χ4n) is 1.66. The highest BCUT2D eigenvalue weighted by Crippen LogP contribution is 2.03. The lowest BCUT2D eigenvalue weighted by Crippen LogP contribution is -2.53. The van der Waals surface area contributed by atoms with E-state index in [2.05, 4.69) is 4.74 Å². The molecular formula is C10H19N3O3. The van der Waals surface area contributed by atoms with E-state index in [0.717, 1.165) is 0 Å². The molecule has 0 saturated carbocycles. The zero-order valence-electron chi connectivity index (χ0n) is 9.81. The zero-order valence-corrected chi connectivity index (χ0v) is 9.81. The van der Waals surface area contributed by atoms with Gasteiger partial charge in [-0.3, -0.25) is 14.5 Å². The van der Waals surface area contributed by atoms with Crippen LogP contribution in [-0.4, -0.2) is 67.6 Å². The lowest BCUT2D eigenvalue weighted by molar-refractivity contribution is -0.142. The van der Waals surface area contributed by atoms with Gasteiger partial charge in [-0.2, -0.15) is 0 Å². The Morgan fingerprint density at radius 2 is 1.88 bits per heavy atom. The Labute approximate surface area is 95.3 Å². The summed E-state index contributed by atoms with van der Waals surface area (Å²) < 4.78 is 4.58. The second-order valence-electron chi connectivity index (χ2n) is 3.97. The molecule has 6 nitrogen and oxygen atoms in total. The van der Waals surface area contributed by atoms with Gasteiger partial charge in [0.15, 0.2) is 0 Å². The molecule has 1 heterocycles. The van der Waals surface area contributed by atoms with Crippen molar-refractivity contribution in [2.45, 2.75) is 13.0 Å². The molecule has 1 saturated heterocycles. The molecule has 1 amide bonds. The number of hydrogen-bond donors (Lipinski definition) is 1. The maximum Gasteiger partial charge on any atom is 0.319 e. The molecule has 0 aromatic rings. The molecule has 2 N–H and O–H groups in total. The van der Waals surface area contributed by atoms with Crippen molar-refractivity contribution in [1.82, 2.24) is 9.80 Å². The van der Waals surface area contributed by atoms with Crippen molar-refractivity contribution >= 4 is 11.9 Å². The van der Waals surface area contributed by atoms with E-state index in [-0.39, 0.29) is 18.4 Å². The van der Waals surface area contributed by atoms with Crippen molar-refractivity contribution in [2.24, 2.45) is 5.73 Å². The number of esters is 1. The van der Waals surface area contributed by atoms with Crippen LogP contribution in [0.25, 0.3) is 0 Å². The second kappa shape index (κ2) is 5.81. The third-order valence-corrected chi connectivity index (χ3v) is 2.65. The summed E-state index contributed by atoms with van der Waals surface area (Å²) in [4.78, 5) is 26.3. The molecule has 16 heavy (non-hydrogen) atoms. The lowest BCUT2D eigenvalue weighted by Gasteiger charge is -2.34. The molecule has 92 valence electrons. The van der Waals surface area contributed by atoms with Crippen LogP contribution in [0.1, 0.15) is 6.92 Å². The Morgan fingerprint density at radius 1 is 1.31 bits per heavy atom. The van der Waals surface area contributed by atoms with E-state index >= 15 is 0 Å². The first kappa shape index (κ1) is 12.9. The van der Waals surface area contributed by atoms with Gasteiger partial charge in [0.1, 0.15) is 0 Å². The molecular weight excluding hydrogens is 210 g/mol. The van der Waals surface area contributed by atoms with Crippen molar-refractivity contribution in [1.29, 1.82) is 0 Å². The van der Waals surface area contributed by atoms with Crippen LogP contribution in [0.5, 0.6) is 0 Å². The molecule has 0 aliphatic carbocycles. The molecule has 0 aromatic heterocycles. The number of ether oxygens (including phenoxy) is 1. The molecule has 1 fully saturated rings. The number of methoxy groups -OCH3 is 1. The Kier molecular flexibility index (Phi) is 4.70. The summed E-state index contributed by atoms with van der Waals surface area (Å²) in [7, 11) is 1.37. The number of amides is 1. The van der Waals surface area contributed by atoms with Crippen molar-refractivity contribution in [3.05, 3.63) is 0 Å². The number of carbonyl (C=O) groups is 2. The summed E-state index contributed by atoms with van der Waals surface area (Å²) in [6.45, 7) is 4.59. The average molecular weight is 229 g/mol. The van der Waals surface area contributed by atoms with Gasteiger partial charge in [0.2, 0.25) is 5.91 Å². The first-order valence-electron chi connectivity index (χ1n) is 5.38. The Balaban J connectivity index is 2.34. The minimum absolute atomic E-state index is 0.0299. The number of nitrogens with two attached hydrogens (primary N) is 1. The fourth-order valence-corrected chi connectivity index (χ4v) is 1.66. The summed E-state index contributed by atoms with van der Waals surface area (Å²) in [6.07, 6.45) is 0. The first-order valence-corrected chi connectivity index (χ1v) is 5.38. The van der Waals surface area contributed by atoms with E-state index in [1.807, 2.05) is 4.90 Å². The third kappa shape index (κ3) is 3.46. The fraction of sp³-hybridized carbons (Fsp3) is 0.800. The van der Waals surface area contributed by atoms with Crippen LogP contribution in [-0.2, 0) is 14.3 Å². The van der Waals surface area contributed by atoms with Crippen molar-refractivity contribution < 1.29 is 14.3 Å². The monoisotopic (exact) mass is 229 g/mol. The predicted octanol–water partition coefficient (Wildman–Crippen LogP) is -1.35. The van der Waals surface area contributed by atoms with E-state index in [0.29, 0.717) is 26.2 Å². The zero-order chi connectivity index (χ0) is 12.1. The van der Waals surface area contributed by atoms with Gasteiger partial charge >= 0.3 is 5.97 Å². The van der Waals surface area contributed by atoms with Gasteiger partial charge in [-0.15, -0.1) is 0 Å². The minimum Gasteiger partial charge on any atom is -0.468 e. The van der Waals surface area contributed by atoms with E-state index in [1.165, 1.54) is 7.11 Å². The van der Waals surface area contributed by atoms with Crippen LogP contribution >= 0.6 is 0 Å². The van der Waals surface area contributed by atoms with E-state index in [9.17, 15) is 9.59 Å². The Bertz CT molecular complexity index is 260. The van der Waals surface area contributed by atoms with Crippen molar-refractivity contribution in [3.8, 4) is 0 Å². The third-order valence-electron chi connectivity index (χ3n) is 2.65. The van der Waals surface area contributed by atoms with Gasteiger partial charge in [0.25, 0.3) is 0 Å². The molecule has 1 aliphatic rings. The summed E-state index contributed by atoms with van der Waals surface area (Å²) in [5, 5.41) is 0. The highest BCUT2D eigenvalue weighted by Gasteiger charge is 2.23. The van der Waals surface area contributed by atoms with Crippen molar-refractivity contribution in [2.75, 3.05) is 39.8 Å². The van der Waals surface area contributed by atoms with Crippen LogP contribution in [0, 0.1) is 0 Å². The quantitative estimate of drug-likeness (QED) is 0.606. The number of carbonyl (C=O) groups excluding carboxylic acids is 2. The summed E-state index contributed by atoms with van der Waals surface area (Å²) >= 11 is 0. The molecule has 0 aromatic carbocycles. The molecule has 1 aliphatic heterocycles. The van der Waals surface area contributed by atoms with E-state index < -0.39 is 6.04 Å². The SMILES string of the molecule is COC(=O)CN1CCN(C(=O)[C@@H](C)N)CC1. The van der Waals surface area contributed by atoms with E-state index in [1.54, 1.807) is 11.8 Å². The van der Waals surface area contributed by atoms with Gasteiger partial charge in [-0.1, -0.05) is 0 Å². The van der Waals surface area contributed by atoms with Gasteiger partial charge < -0.3 is 15.4 Å². The molecule has 0 bridgehead atoms. The summed E-state index contributed by atoms with van der Waals surface area (Å²) in [5.74, 6) is -0.273. The normalized spacial score (nSPS) is 19.3. The smallest absolute Gasteiger partial charge is 0.319 e. The second-order valence-corrected chi connectivity index (χ2v) is 3.97. The van der Waals surface area contributed by atoms with E-state index in [4.69, 9.17) is 5.73 Å². The molecule has 0 radical (unpaired) electrons. The summed E-state index contributed by atoms with van der Waals surface area (Å²) in [6, 6.07) is -0.452. The maximum absolute atomic E-state index is 11.6. The highest BCUT2D eigenvalue weighted by molar-refractivity contribution is 5.81. The summed E-state index contributed by atoms with van der Waals surface area (Å²) in [5.41, 5.74) is 5.52. The lowest BCUT2D eigenvalue weighted by atomic mass is 10.2. The maximum atomic E-state index is 11.6. The topological polar surface area (TPSA) is 75.9 Å². The number of hydrogen-bond acceptors (Lipinski definition) is 5.